The third-order valence-corrected chi connectivity index (χ3v) is 6.26. The molecule has 0 amide bonds. The van der Waals surface area contributed by atoms with Gasteiger partial charge in [0, 0.05) is 16.9 Å². The van der Waals surface area contributed by atoms with Gasteiger partial charge in [-0.05, 0) is 53.4 Å². The van der Waals surface area contributed by atoms with Crippen molar-refractivity contribution < 1.29 is 9.90 Å². The van der Waals surface area contributed by atoms with Gasteiger partial charge in [-0.25, -0.2) is 4.98 Å². The topological polar surface area (TPSA) is 84.2 Å². The van der Waals surface area contributed by atoms with Gasteiger partial charge >= 0.3 is 0 Å². The summed E-state index contributed by atoms with van der Waals surface area (Å²) < 4.78 is 1.96. The number of benzene rings is 1. The molecule has 1 fully saturated rings. The number of fused-ring (bicyclic) bond motifs is 1. The number of carbonyl (C=O) groups excluding carboxylic acids is 1. The first kappa shape index (κ1) is 20.5. The molecule has 1 aromatic carbocycles. The lowest BCUT2D eigenvalue weighted by molar-refractivity contribution is -0.121. The first-order valence-corrected chi connectivity index (χ1v) is 10.3. The molecule has 2 heterocycles. The fraction of sp³-hybridized carbons (Fsp3) is 0.526. The zero-order chi connectivity index (χ0) is 19.6. The molecule has 1 aromatic heterocycles. The molecule has 1 saturated heterocycles. The van der Waals surface area contributed by atoms with E-state index in [1.807, 2.05) is 0 Å². The predicted molar refractivity (Wildman–Crippen MR) is 109 cm³/mol. The fourth-order valence-corrected chi connectivity index (χ4v) is 4.14. The molecule has 3 atom stereocenters. The zero-order valence-electron chi connectivity index (χ0n) is 15.1. The summed E-state index contributed by atoms with van der Waals surface area (Å²) in [7, 11) is 0. The summed E-state index contributed by atoms with van der Waals surface area (Å²) in [6, 6.07) is 2.97. The number of nitrogens with zero attached hydrogens (tertiary/aromatic N) is 2. The normalized spacial score (nSPS) is 22.9. The van der Waals surface area contributed by atoms with Crippen molar-refractivity contribution in [1.82, 2.24) is 14.9 Å². The maximum atomic E-state index is 12.6. The molecule has 3 unspecified atom stereocenters. The molecule has 0 aliphatic carbocycles. The van der Waals surface area contributed by atoms with Crippen LogP contribution in [-0.2, 0) is 11.3 Å². The molecule has 2 aromatic rings. The number of aliphatic hydroxyl groups excluding tert-OH is 1. The molecule has 3 rings (SSSR count). The number of piperidine rings is 1. The van der Waals surface area contributed by atoms with E-state index in [0.717, 1.165) is 19.4 Å². The second-order valence-corrected chi connectivity index (χ2v) is 8.44. The first-order chi connectivity index (χ1) is 12.9. The van der Waals surface area contributed by atoms with Gasteiger partial charge in [-0.3, -0.25) is 14.2 Å². The third kappa shape index (κ3) is 4.77. The van der Waals surface area contributed by atoms with Gasteiger partial charge in [0.1, 0.15) is 0 Å². The lowest BCUT2D eigenvalue weighted by atomic mass is 9.87. The van der Waals surface area contributed by atoms with Crippen LogP contribution < -0.4 is 10.9 Å². The van der Waals surface area contributed by atoms with Gasteiger partial charge in [0.15, 0.2) is 5.78 Å². The molecule has 1 aliphatic heterocycles. The molecule has 2 N–H and O–H groups in total. The number of rotatable bonds is 6. The van der Waals surface area contributed by atoms with Crippen LogP contribution in [0.4, 0.5) is 0 Å². The predicted octanol–water partition coefficient (Wildman–Crippen LogP) is 2.91. The number of halogens is 2. The Kier molecular flexibility index (Phi) is 6.68. The molecule has 6 nitrogen and oxygen atoms in total. The van der Waals surface area contributed by atoms with Crippen molar-refractivity contribution in [2.24, 2.45) is 5.92 Å². The van der Waals surface area contributed by atoms with E-state index in [1.165, 1.54) is 10.9 Å². The van der Waals surface area contributed by atoms with Crippen molar-refractivity contribution in [3.63, 3.8) is 0 Å². The van der Waals surface area contributed by atoms with Crippen LogP contribution in [0.15, 0.2) is 27.7 Å². The Morgan fingerprint density at radius 1 is 1.48 bits per heavy atom. The summed E-state index contributed by atoms with van der Waals surface area (Å²) in [6.07, 6.45) is 3.89. The van der Waals surface area contributed by atoms with Gasteiger partial charge in [0.2, 0.25) is 0 Å². The van der Waals surface area contributed by atoms with Crippen molar-refractivity contribution >= 4 is 44.2 Å². The lowest BCUT2D eigenvalue weighted by Crippen LogP contribution is -2.49. The van der Waals surface area contributed by atoms with Gasteiger partial charge in [0.05, 0.1) is 34.9 Å². The van der Waals surface area contributed by atoms with Crippen molar-refractivity contribution in [2.45, 2.75) is 51.3 Å². The van der Waals surface area contributed by atoms with Crippen LogP contribution in [0.1, 0.15) is 32.6 Å². The van der Waals surface area contributed by atoms with Crippen LogP contribution in [0, 0.1) is 5.92 Å². The Balaban J connectivity index is 1.69. The van der Waals surface area contributed by atoms with E-state index < -0.39 is 6.10 Å². The third-order valence-electron chi connectivity index (χ3n) is 5.07. The van der Waals surface area contributed by atoms with E-state index in [1.54, 1.807) is 12.1 Å². The number of aliphatic hydroxyl groups is 1. The largest absolute Gasteiger partial charge is 0.391 e. The SMILES string of the molecule is CCCC1CNC(CC(=O)Cn2cnc3cc(Br)c(Cl)cc3c2=O)C(O)C1. The van der Waals surface area contributed by atoms with Gasteiger partial charge in [0.25, 0.3) is 5.56 Å². The monoisotopic (exact) mass is 455 g/mol. The van der Waals surface area contributed by atoms with Gasteiger partial charge in [-0.1, -0.05) is 24.9 Å². The Morgan fingerprint density at radius 2 is 2.26 bits per heavy atom. The number of ketones is 1. The number of aromatic nitrogens is 2. The van der Waals surface area contributed by atoms with E-state index in [0.29, 0.717) is 32.7 Å². The molecule has 146 valence electrons. The Morgan fingerprint density at radius 3 is 2.96 bits per heavy atom. The molecule has 1 aliphatic rings. The highest BCUT2D eigenvalue weighted by atomic mass is 79.9. The molecule has 8 heteroatoms. The van der Waals surface area contributed by atoms with Crippen LogP contribution in [0.5, 0.6) is 0 Å². The van der Waals surface area contributed by atoms with Crippen LogP contribution >= 0.6 is 27.5 Å². The Hall–Kier alpha value is -1.28. The average Bonchev–Trinajstić information content (AvgIpc) is 2.62. The molecule has 0 saturated carbocycles. The van der Waals surface area contributed by atoms with Crippen molar-refractivity contribution in [3.8, 4) is 0 Å². The number of carbonyl (C=O) groups is 1. The van der Waals surface area contributed by atoms with Crippen LogP contribution in [0.2, 0.25) is 5.02 Å². The Bertz CT molecular complexity index is 902. The molecule has 0 spiro atoms. The van der Waals surface area contributed by atoms with Gasteiger partial charge in [-0.2, -0.15) is 0 Å². The highest BCUT2D eigenvalue weighted by Crippen LogP contribution is 2.25. The second-order valence-electron chi connectivity index (χ2n) is 7.18. The van der Waals surface area contributed by atoms with Crippen molar-refractivity contribution in [2.75, 3.05) is 6.54 Å². The number of hydrogen-bond acceptors (Lipinski definition) is 5. The maximum absolute atomic E-state index is 12.6. The minimum Gasteiger partial charge on any atom is -0.391 e. The summed E-state index contributed by atoms with van der Waals surface area (Å²) in [5.41, 5.74) is 0.217. The minimum absolute atomic E-state index is 0.0707. The van der Waals surface area contributed by atoms with Crippen molar-refractivity contribution in [1.29, 1.82) is 0 Å². The van der Waals surface area contributed by atoms with E-state index in [4.69, 9.17) is 11.6 Å². The average molecular weight is 457 g/mol. The molecule has 0 radical (unpaired) electrons. The van der Waals surface area contributed by atoms with Gasteiger partial charge in [-0.15, -0.1) is 0 Å². The van der Waals surface area contributed by atoms with E-state index >= 15 is 0 Å². The molecule has 27 heavy (non-hydrogen) atoms. The summed E-state index contributed by atoms with van der Waals surface area (Å²) in [6.45, 7) is 2.87. The zero-order valence-corrected chi connectivity index (χ0v) is 17.5. The Labute approximate surface area is 171 Å². The summed E-state index contributed by atoms with van der Waals surface area (Å²) in [5.74, 6) is 0.333. The highest BCUT2D eigenvalue weighted by molar-refractivity contribution is 9.10. The second kappa shape index (κ2) is 8.82. The first-order valence-electron chi connectivity index (χ1n) is 9.16. The van der Waals surface area contributed by atoms with Crippen molar-refractivity contribution in [3.05, 3.63) is 38.3 Å². The minimum atomic E-state index is -0.540. The summed E-state index contributed by atoms with van der Waals surface area (Å²) in [5, 5.41) is 14.4. The highest BCUT2D eigenvalue weighted by Gasteiger charge is 2.29. The summed E-state index contributed by atoms with van der Waals surface area (Å²) in [4.78, 5) is 29.3. The molecular formula is C19H23BrClN3O3. The van der Waals surface area contributed by atoms with Crippen LogP contribution in [0.25, 0.3) is 10.9 Å². The number of Topliss-reactive ketones (excluding diaryl/α,β-unsaturated/α-hetero) is 1. The summed E-state index contributed by atoms with van der Waals surface area (Å²) >= 11 is 9.38. The number of nitrogens with one attached hydrogen (secondary N) is 1. The van der Waals surface area contributed by atoms with Crippen LogP contribution in [-0.4, -0.2) is 39.1 Å². The molecular weight excluding hydrogens is 434 g/mol. The van der Waals surface area contributed by atoms with E-state index in [9.17, 15) is 14.7 Å². The fourth-order valence-electron chi connectivity index (χ4n) is 3.65. The van der Waals surface area contributed by atoms with E-state index in [2.05, 4.69) is 33.2 Å². The lowest BCUT2D eigenvalue weighted by Gasteiger charge is -2.34. The quantitative estimate of drug-likeness (QED) is 0.698. The van der Waals surface area contributed by atoms with Crippen LogP contribution in [0.3, 0.4) is 0 Å². The number of hydrogen-bond donors (Lipinski definition) is 2. The maximum Gasteiger partial charge on any atom is 0.261 e. The van der Waals surface area contributed by atoms with Gasteiger partial charge < -0.3 is 10.4 Å². The molecule has 0 bridgehead atoms. The smallest absolute Gasteiger partial charge is 0.261 e. The van der Waals surface area contributed by atoms with E-state index in [-0.39, 0.29) is 30.3 Å². The standard InChI is InChI=1S/C19H23BrClN3O3/c1-2-3-11-4-18(26)17(22-8-11)5-12(25)9-24-10-23-16-7-14(20)15(21)6-13(16)19(24)27/h6-7,10-11,17-18,22,26H,2-5,8-9H2,1H3.